The summed E-state index contributed by atoms with van der Waals surface area (Å²) in [6.07, 6.45) is 5.53. The summed E-state index contributed by atoms with van der Waals surface area (Å²) in [5.74, 6) is 0. The molecule has 110 valence electrons. The van der Waals surface area contributed by atoms with E-state index in [1.165, 1.54) is 5.56 Å². The molecule has 0 spiro atoms. The van der Waals surface area contributed by atoms with Gasteiger partial charge < -0.3 is 0 Å². The minimum absolute atomic E-state index is 0.684. The van der Waals surface area contributed by atoms with Crippen molar-refractivity contribution in [2.24, 2.45) is 5.10 Å². The highest BCUT2D eigenvalue weighted by Gasteiger charge is 2.01. The van der Waals surface area contributed by atoms with Crippen molar-refractivity contribution in [2.75, 3.05) is 5.43 Å². The Kier molecular flexibility index (Phi) is 4.66. The van der Waals surface area contributed by atoms with Gasteiger partial charge in [0.25, 0.3) is 0 Å². The van der Waals surface area contributed by atoms with Crippen LogP contribution in [0.1, 0.15) is 12.0 Å². The Morgan fingerprint density at radius 2 is 1.95 bits per heavy atom. The number of halogens is 1. The van der Waals surface area contributed by atoms with Crippen LogP contribution in [0.15, 0.2) is 65.9 Å². The number of nitrogens with zero attached hydrogens (tertiary/aromatic N) is 2. The van der Waals surface area contributed by atoms with E-state index < -0.39 is 0 Å². The molecule has 3 nitrogen and oxygen atoms in total. The van der Waals surface area contributed by atoms with E-state index in [1.54, 1.807) is 6.20 Å². The molecule has 0 fully saturated rings. The summed E-state index contributed by atoms with van der Waals surface area (Å²) in [4.78, 5) is 4.31. The van der Waals surface area contributed by atoms with Gasteiger partial charge >= 0.3 is 0 Å². The fourth-order valence-corrected chi connectivity index (χ4v) is 2.44. The molecular weight excluding hydrogens is 294 g/mol. The second-order valence-electron chi connectivity index (χ2n) is 4.97. The maximum absolute atomic E-state index is 5.98. The molecule has 0 aliphatic rings. The summed E-state index contributed by atoms with van der Waals surface area (Å²) in [5.41, 5.74) is 6.18. The maximum Gasteiger partial charge on any atom is 0.0738 e. The molecule has 0 aliphatic heterocycles. The standard InChI is InChI=1S/C18H16ClN3/c19-15-8-9-16-17(10-12-20-18(16)13-15)22-21-11-4-7-14-5-2-1-3-6-14/h1-3,5-6,8-13H,4,7H2,(H,20,22)/b21-11-. The van der Waals surface area contributed by atoms with Crippen molar-refractivity contribution < 1.29 is 0 Å². The first kappa shape index (κ1) is 14.5. The number of hydrogen-bond donors (Lipinski definition) is 1. The number of fused-ring (bicyclic) bond motifs is 1. The molecule has 3 rings (SSSR count). The average Bonchev–Trinajstić information content (AvgIpc) is 2.55. The van der Waals surface area contributed by atoms with Gasteiger partial charge in [0.15, 0.2) is 0 Å². The van der Waals surface area contributed by atoms with Crippen LogP contribution in [0.2, 0.25) is 5.02 Å². The molecule has 22 heavy (non-hydrogen) atoms. The van der Waals surface area contributed by atoms with Gasteiger partial charge in [-0.25, -0.2) is 0 Å². The molecule has 2 aromatic carbocycles. The van der Waals surface area contributed by atoms with E-state index in [0.717, 1.165) is 29.4 Å². The quantitative estimate of drug-likeness (QED) is 0.536. The van der Waals surface area contributed by atoms with Crippen molar-refractivity contribution >= 4 is 34.4 Å². The first-order valence-corrected chi connectivity index (χ1v) is 7.56. The molecule has 3 aromatic rings. The first-order chi connectivity index (χ1) is 10.8. The van der Waals surface area contributed by atoms with E-state index in [2.05, 4.69) is 39.8 Å². The molecule has 0 amide bonds. The van der Waals surface area contributed by atoms with Crippen LogP contribution >= 0.6 is 11.6 Å². The highest BCUT2D eigenvalue weighted by molar-refractivity contribution is 6.31. The van der Waals surface area contributed by atoms with Crippen LogP contribution in [0.5, 0.6) is 0 Å². The molecule has 0 saturated heterocycles. The number of hydrazone groups is 1. The fraction of sp³-hybridized carbons (Fsp3) is 0.111. The third kappa shape index (κ3) is 3.62. The van der Waals surface area contributed by atoms with Crippen LogP contribution in [0.3, 0.4) is 0 Å². The van der Waals surface area contributed by atoms with Crippen molar-refractivity contribution in [3.8, 4) is 0 Å². The number of aryl methyl sites for hydroxylation is 1. The average molecular weight is 310 g/mol. The van der Waals surface area contributed by atoms with E-state index in [-0.39, 0.29) is 0 Å². The minimum Gasteiger partial charge on any atom is -0.278 e. The number of pyridine rings is 1. The zero-order chi connectivity index (χ0) is 15.2. The Hall–Kier alpha value is -2.39. The Labute approximate surface area is 134 Å². The third-order valence-corrected chi connectivity index (χ3v) is 3.62. The summed E-state index contributed by atoms with van der Waals surface area (Å²) in [6, 6.07) is 18.0. The molecule has 1 N–H and O–H groups in total. The Morgan fingerprint density at radius 1 is 1.09 bits per heavy atom. The van der Waals surface area contributed by atoms with Crippen LogP contribution in [-0.2, 0) is 6.42 Å². The zero-order valence-electron chi connectivity index (χ0n) is 12.0. The number of hydrogen-bond acceptors (Lipinski definition) is 3. The monoisotopic (exact) mass is 309 g/mol. The number of anilines is 1. The molecule has 0 saturated carbocycles. The smallest absolute Gasteiger partial charge is 0.0738 e. The number of nitrogens with one attached hydrogen (secondary N) is 1. The number of rotatable bonds is 5. The maximum atomic E-state index is 5.98. The third-order valence-electron chi connectivity index (χ3n) is 3.39. The zero-order valence-corrected chi connectivity index (χ0v) is 12.8. The second-order valence-corrected chi connectivity index (χ2v) is 5.40. The summed E-state index contributed by atoms with van der Waals surface area (Å²) in [5, 5.41) is 5.98. The van der Waals surface area contributed by atoms with E-state index >= 15 is 0 Å². The summed E-state index contributed by atoms with van der Waals surface area (Å²) < 4.78 is 0. The Balaban J connectivity index is 1.63. The highest BCUT2D eigenvalue weighted by Crippen LogP contribution is 2.24. The Morgan fingerprint density at radius 3 is 2.82 bits per heavy atom. The normalized spacial score (nSPS) is 11.1. The van der Waals surface area contributed by atoms with E-state index in [1.807, 2.05) is 36.5 Å². The lowest BCUT2D eigenvalue weighted by molar-refractivity contribution is 1.05. The predicted octanol–water partition coefficient (Wildman–Crippen LogP) is 4.92. The van der Waals surface area contributed by atoms with Crippen LogP contribution in [0.25, 0.3) is 10.9 Å². The van der Waals surface area contributed by atoms with Gasteiger partial charge in [-0.15, -0.1) is 0 Å². The van der Waals surface area contributed by atoms with E-state index in [4.69, 9.17) is 11.6 Å². The second kappa shape index (κ2) is 7.05. The van der Waals surface area contributed by atoms with E-state index in [0.29, 0.717) is 5.02 Å². The SMILES string of the molecule is Clc1ccc2c(N/N=C\CCc3ccccc3)ccnc2c1. The molecule has 0 aliphatic carbocycles. The van der Waals surface area contributed by atoms with Crippen molar-refractivity contribution in [2.45, 2.75) is 12.8 Å². The molecule has 0 unspecified atom stereocenters. The van der Waals surface area contributed by atoms with Crippen molar-refractivity contribution in [1.82, 2.24) is 4.98 Å². The highest BCUT2D eigenvalue weighted by atomic mass is 35.5. The van der Waals surface area contributed by atoms with Crippen molar-refractivity contribution in [3.05, 3.63) is 71.4 Å². The molecule has 0 atom stereocenters. The van der Waals surface area contributed by atoms with Crippen LogP contribution in [-0.4, -0.2) is 11.2 Å². The lowest BCUT2D eigenvalue weighted by Crippen LogP contribution is -1.93. The summed E-state index contributed by atoms with van der Waals surface area (Å²) in [6.45, 7) is 0. The number of benzene rings is 2. The molecular formula is C18H16ClN3. The largest absolute Gasteiger partial charge is 0.278 e. The van der Waals surface area contributed by atoms with Gasteiger partial charge in [0.1, 0.15) is 0 Å². The van der Waals surface area contributed by atoms with Gasteiger partial charge in [-0.3, -0.25) is 10.4 Å². The molecule has 1 heterocycles. The lowest BCUT2D eigenvalue weighted by atomic mass is 10.1. The summed E-state index contributed by atoms with van der Waals surface area (Å²) in [7, 11) is 0. The molecule has 0 bridgehead atoms. The minimum atomic E-state index is 0.684. The van der Waals surface area contributed by atoms with Crippen molar-refractivity contribution in [3.63, 3.8) is 0 Å². The molecule has 1 aromatic heterocycles. The van der Waals surface area contributed by atoms with Gasteiger partial charge in [0.2, 0.25) is 0 Å². The van der Waals surface area contributed by atoms with E-state index in [9.17, 15) is 0 Å². The van der Waals surface area contributed by atoms with Crippen LogP contribution in [0, 0.1) is 0 Å². The van der Waals surface area contributed by atoms with Crippen LogP contribution < -0.4 is 5.43 Å². The van der Waals surface area contributed by atoms with Gasteiger partial charge in [-0.2, -0.15) is 5.10 Å². The summed E-state index contributed by atoms with van der Waals surface area (Å²) >= 11 is 5.98. The molecule has 0 radical (unpaired) electrons. The molecule has 4 heteroatoms. The van der Waals surface area contributed by atoms with Gasteiger partial charge in [0.05, 0.1) is 11.2 Å². The van der Waals surface area contributed by atoms with Gasteiger partial charge in [0, 0.05) is 22.8 Å². The van der Waals surface area contributed by atoms with Gasteiger partial charge in [-0.1, -0.05) is 41.9 Å². The number of aromatic nitrogens is 1. The lowest BCUT2D eigenvalue weighted by Gasteiger charge is -2.05. The topological polar surface area (TPSA) is 37.3 Å². The first-order valence-electron chi connectivity index (χ1n) is 7.19. The van der Waals surface area contributed by atoms with Gasteiger partial charge in [-0.05, 0) is 42.7 Å². The predicted molar refractivity (Wildman–Crippen MR) is 93.6 cm³/mol. The Bertz CT molecular complexity index is 785. The van der Waals surface area contributed by atoms with Crippen LogP contribution in [0.4, 0.5) is 5.69 Å². The van der Waals surface area contributed by atoms with Crippen molar-refractivity contribution in [1.29, 1.82) is 0 Å². The fourth-order valence-electron chi connectivity index (χ4n) is 2.27.